The maximum absolute atomic E-state index is 10.5. The Labute approximate surface area is 377 Å². The fraction of sp³-hybridized carbons (Fsp3) is 0.250. The van der Waals surface area contributed by atoms with E-state index in [1.54, 1.807) is 0 Å². The molecule has 0 amide bonds. The van der Waals surface area contributed by atoms with E-state index in [0.717, 1.165) is 70.1 Å². The summed E-state index contributed by atoms with van der Waals surface area (Å²) >= 11 is 0. The molecule has 0 spiro atoms. The second-order valence-corrected chi connectivity index (χ2v) is 16.8. The smallest absolute Gasteiger partial charge is 0.151 e. The number of aliphatic hydroxyl groups is 2. The zero-order valence-electron chi connectivity index (χ0n) is 36.2. The minimum atomic E-state index is -0.757. The number of rotatable bonds is 3. The van der Waals surface area contributed by atoms with Crippen LogP contribution in [0.2, 0.25) is 0 Å². The summed E-state index contributed by atoms with van der Waals surface area (Å²) < 4.78 is 17.7. The fourth-order valence-corrected chi connectivity index (χ4v) is 9.22. The predicted octanol–water partition coefficient (Wildman–Crippen LogP) is 14.3. The molecule has 0 radical (unpaired) electrons. The number of aliphatic hydroxyl groups excluding tert-OH is 2. The van der Waals surface area contributed by atoms with Gasteiger partial charge in [0, 0.05) is 0 Å². The number of benzene rings is 6. The van der Waals surface area contributed by atoms with Crippen LogP contribution in [0.3, 0.4) is 0 Å². The van der Waals surface area contributed by atoms with Gasteiger partial charge in [-0.15, -0.1) is 6.58 Å². The highest BCUT2D eigenvalue weighted by atomic mass is 16.5. The highest BCUT2D eigenvalue weighted by Crippen LogP contribution is 2.50. The molecular weight excluding hydrogens is 795 g/mol. The molecule has 6 aromatic rings. The number of allylic oxidation sites excluding steroid dienone is 4. The number of fused-ring (bicyclic) bond motifs is 6. The molecule has 0 bridgehead atoms. The number of para-hydroxylation sites is 12. The van der Waals surface area contributed by atoms with E-state index in [9.17, 15) is 10.2 Å². The van der Waals surface area contributed by atoms with E-state index in [4.69, 9.17) is 14.2 Å². The lowest BCUT2D eigenvalue weighted by Gasteiger charge is -2.43. The van der Waals surface area contributed by atoms with Gasteiger partial charge in [-0.2, -0.15) is 0 Å². The van der Waals surface area contributed by atoms with Crippen molar-refractivity contribution in [3.63, 3.8) is 0 Å². The van der Waals surface area contributed by atoms with Gasteiger partial charge in [-0.25, -0.2) is 0 Å². The zero-order chi connectivity index (χ0) is 43.7. The van der Waals surface area contributed by atoms with Crippen LogP contribution in [0.4, 0.5) is 34.1 Å². The molecule has 3 aliphatic heterocycles. The number of hydrogen-bond donors (Lipinski definition) is 3. The highest BCUT2D eigenvalue weighted by molar-refractivity contribution is 5.80. The molecule has 0 aromatic heterocycles. The van der Waals surface area contributed by atoms with Crippen LogP contribution in [0.5, 0.6) is 34.5 Å². The summed E-state index contributed by atoms with van der Waals surface area (Å²) in [6, 6.07) is 48.4. The molecule has 3 aliphatic carbocycles. The fourth-order valence-electron chi connectivity index (χ4n) is 9.22. The molecular formula is C56H57N3O5. The minimum absolute atomic E-state index is 0.144. The summed E-state index contributed by atoms with van der Waals surface area (Å²) in [6.45, 7) is 3.73. The van der Waals surface area contributed by atoms with Crippen LogP contribution >= 0.6 is 0 Å². The zero-order valence-corrected chi connectivity index (χ0v) is 36.2. The van der Waals surface area contributed by atoms with E-state index >= 15 is 0 Å². The second kappa shape index (κ2) is 20.2. The topological polar surface area (TPSA) is 86.7 Å². The number of anilines is 6. The summed E-state index contributed by atoms with van der Waals surface area (Å²) in [6.07, 6.45) is 19.7. The quantitative estimate of drug-likeness (QED) is 0.152. The van der Waals surface area contributed by atoms with Crippen LogP contribution < -0.4 is 29.3 Å². The molecule has 8 nitrogen and oxygen atoms in total. The monoisotopic (exact) mass is 851 g/mol. The molecule has 1 fully saturated rings. The summed E-state index contributed by atoms with van der Waals surface area (Å²) in [5.41, 5.74) is 6.27. The van der Waals surface area contributed by atoms with Crippen molar-refractivity contribution in [2.75, 3.05) is 15.1 Å². The molecule has 3 N–H and O–H groups in total. The van der Waals surface area contributed by atoms with E-state index in [0.29, 0.717) is 18.4 Å². The molecule has 6 aromatic carbocycles. The number of hydrogen-bond acceptors (Lipinski definition) is 8. The normalized spacial score (nSPS) is 21.6. The third kappa shape index (κ3) is 9.44. The van der Waals surface area contributed by atoms with Crippen LogP contribution in [-0.4, -0.2) is 34.5 Å². The summed E-state index contributed by atoms with van der Waals surface area (Å²) in [5.74, 6) is 5.90. The van der Waals surface area contributed by atoms with Crippen LogP contribution in [0, 0.1) is 5.92 Å². The molecule has 8 heteroatoms. The van der Waals surface area contributed by atoms with Crippen molar-refractivity contribution in [1.29, 1.82) is 0 Å². The molecule has 12 rings (SSSR count). The van der Waals surface area contributed by atoms with Crippen molar-refractivity contribution in [2.24, 2.45) is 5.92 Å². The first kappa shape index (κ1) is 42.6. The van der Waals surface area contributed by atoms with Crippen molar-refractivity contribution in [1.82, 2.24) is 0 Å². The van der Waals surface area contributed by atoms with Crippen molar-refractivity contribution < 1.29 is 24.4 Å². The Bertz CT molecular complexity index is 2410. The van der Waals surface area contributed by atoms with Crippen LogP contribution in [-0.2, 0) is 0 Å². The Morgan fingerprint density at radius 2 is 0.922 bits per heavy atom. The van der Waals surface area contributed by atoms with E-state index in [-0.39, 0.29) is 6.04 Å². The second-order valence-electron chi connectivity index (χ2n) is 16.8. The Morgan fingerprint density at radius 3 is 1.38 bits per heavy atom. The maximum atomic E-state index is 10.5. The molecule has 5 atom stereocenters. The molecule has 1 saturated carbocycles. The van der Waals surface area contributed by atoms with Gasteiger partial charge >= 0.3 is 0 Å². The minimum Gasteiger partial charge on any atom is -0.453 e. The van der Waals surface area contributed by atoms with Gasteiger partial charge in [-0.05, 0) is 137 Å². The van der Waals surface area contributed by atoms with E-state index in [1.807, 2.05) is 127 Å². The van der Waals surface area contributed by atoms with Gasteiger partial charge in [0.25, 0.3) is 0 Å². The number of ether oxygens (including phenoxy) is 3. The number of nitrogens with zero attached hydrogens (tertiary/aromatic N) is 2. The van der Waals surface area contributed by atoms with Gasteiger partial charge in [0.15, 0.2) is 34.5 Å². The highest BCUT2D eigenvalue weighted by Gasteiger charge is 2.39. The Balaban J connectivity index is 0.000000114. The first-order valence-electron chi connectivity index (χ1n) is 22.8. The first-order chi connectivity index (χ1) is 31.6. The molecule has 326 valence electrons. The van der Waals surface area contributed by atoms with Crippen LogP contribution in [0.25, 0.3) is 0 Å². The van der Waals surface area contributed by atoms with E-state index < -0.39 is 12.2 Å². The average Bonchev–Trinajstić information content (AvgIpc) is 3.36. The van der Waals surface area contributed by atoms with Crippen LogP contribution in [0.15, 0.2) is 183 Å². The van der Waals surface area contributed by atoms with Crippen molar-refractivity contribution in [3.05, 3.63) is 183 Å². The van der Waals surface area contributed by atoms with E-state index in [1.165, 1.54) is 49.9 Å². The maximum Gasteiger partial charge on any atom is 0.151 e. The molecule has 0 saturated heterocycles. The predicted molar refractivity (Wildman–Crippen MR) is 260 cm³/mol. The van der Waals surface area contributed by atoms with Gasteiger partial charge in [-0.1, -0.05) is 103 Å². The summed E-state index contributed by atoms with van der Waals surface area (Å²) in [5, 5.41) is 23.9. The summed E-state index contributed by atoms with van der Waals surface area (Å²) in [7, 11) is 0. The van der Waals surface area contributed by atoms with E-state index in [2.05, 4.69) is 70.3 Å². The Morgan fingerprint density at radius 1 is 0.484 bits per heavy atom. The van der Waals surface area contributed by atoms with Gasteiger partial charge in [-0.3, -0.25) is 0 Å². The SMILES string of the molecule is C1=C[C@H](N2c3ccccc3Oc3ccccc32)CCC1.C=CC1C=CCCC1.O[C@H]1[C@@H](O)CCC[C@@H]1N1c2ccccc2Oc2ccccc21.c1ccc2c(c1)Nc1ccccc1O2. The molecule has 64 heavy (non-hydrogen) atoms. The average molecular weight is 852 g/mol. The Hall–Kier alpha value is -6.74. The molecule has 3 heterocycles. The first-order valence-corrected chi connectivity index (χ1v) is 22.8. The van der Waals surface area contributed by atoms with Gasteiger partial charge in [0.05, 0.1) is 52.3 Å². The lowest BCUT2D eigenvalue weighted by atomic mass is 9.88. The lowest BCUT2D eigenvalue weighted by Crippen LogP contribution is -2.50. The standard InChI is InChI=1S/C18H19NO3.C18H17NO.C12H9NO.C8H12/c20-15-9-5-8-14(18(15)21)19-12-6-1-3-10-16(12)22-17-11-4-2-7-13(17)19;1-2-8-14(9-3-1)19-15-10-4-6-12-17(15)20-18-13-7-5-11-16(18)19;1-3-7-11-9(5-1)13-10-6-2-4-8-12(10)14-11;1-2-8-6-4-3-5-7-8/h1-4,6-7,10-11,14-15,18,20-21H,5,8-9H2;2,4-8,10-14H,1,3,9H2;1-8,13H;2,4,6,8H,1,3,5,7H2/t14-,15-,18+;14-;;/m00../s1. The molecule has 6 aliphatic rings. The van der Waals surface area contributed by atoms with Crippen molar-refractivity contribution in [3.8, 4) is 34.5 Å². The van der Waals surface area contributed by atoms with Crippen molar-refractivity contribution >= 4 is 34.1 Å². The Kier molecular flexibility index (Phi) is 13.4. The van der Waals surface area contributed by atoms with Crippen molar-refractivity contribution in [2.45, 2.75) is 82.1 Å². The van der Waals surface area contributed by atoms with Crippen LogP contribution in [0.1, 0.15) is 57.8 Å². The summed E-state index contributed by atoms with van der Waals surface area (Å²) in [4.78, 5) is 4.55. The third-order valence-corrected chi connectivity index (χ3v) is 12.5. The number of nitrogens with one attached hydrogen (secondary N) is 1. The van der Waals surface area contributed by atoms with Gasteiger partial charge in [0.1, 0.15) is 6.10 Å². The van der Waals surface area contributed by atoms with Gasteiger partial charge < -0.3 is 39.5 Å². The molecule has 1 unspecified atom stereocenters. The van der Waals surface area contributed by atoms with Gasteiger partial charge in [0.2, 0.25) is 0 Å². The largest absolute Gasteiger partial charge is 0.453 e. The third-order valence-electron chi connectivity index (χ3n) is 12.5. The lowest BCUT2D eigenvalue weighted by molar-refractivity contribution is -0.0206.